The minimum Gasteiger partial charge on any atom is -0.324 e. The molecule has 3 aromatic carbocycles. The van der Waals surface area contributed by atoms with E-state index in [9.17, 15) is 9.59 Å². The van der Waals surface area contributed by atoms with E-state index in [4.69, 9.17) is 11.6 Å². The molecule has 0 aromatic heterocycles. The zero-order valence-electron chi connectivity index (χ0n) is 12.6. The van der Waals surface area contributed by atoms with Crippen LogP contribution in [0.2, 0.25) is 5.02 Å². The number of hydrogen-bond donors (Lipinski definition) is 1. The third-order valence-electron chi connectivity index (χ3n) is 4.06. The highest BCUT2D eigenvalue weighted by atomic mass is 35.5. The lowest BCUT2D eigenvalue weighted by Crippen LogP contribution is -2.35. The van der Waals surface area contributed by atoms with Gasteiger partial charge in [-0.15, -0.1) is 0 Å². The molecule has 0 atom stereocenters. The summed E-state index contributed by atoms with van der Waals surface area (Å²) in [5.41, 5.74) is 2.02. The fourth-order valence-corrected chi connectivity index (χ4v) is 3.24. The molecule has 118 valence electrons. The van der Waals surface area contributed by atoms with E-state index in [-0.39, 0.29) is 18.4 Å². The van der Waals surface area contributed by atoms with Gasteiger partial charge < -0.3 is 5.32 Å². The summed E-state index contributed by atoms with van der Waals surface area (Å²) < 4.78 is 0. The van der Waals surface area contributed by atoms with Gasteiger partial charge in [-0.3, -0.25) is 14.5 Å². The molecular formula is C19H13ClN2O2. The Morgan fingerprint density at radius 3 is 2.58 bits per heavy atom. The van der Waals surface area contributed by atoms with Crippen LogP contribution in [0.4, 0.5) is 11.4 Å². The van der Waals surface area contributed by atoms with Crippen molar-refractivity contribution in [3.05, 3.63) is 71.2 Å². The molecule has 0 spiro atoms. The molecule has 24 heavy (non-hydrogen) atoms. The number of rotatable bonds is 3. The molecule has 0 unspecified atom stereocenters. The van der Waals surface area contributed by atoms with Gasteiger partial charge in [-0.25, -0.2) is 0 Å². The molecule has 0 aliphatic carbocycles. The Hall–Kier alpha value is -2.85. The van der Waals surface area contributed by atoms with Crippen molar-refractivity contribution in [3.8, 4) is 0 Å². The van der Waals surface area contributed by atoms with Gasteiger partial charge in [-0.05, 0) is 35.7 Å². The summed E-state index contributed by atoms with van der Waals surface area (Å²) in [7, 11) is 0. The van der Waals surface area contributed by atoms with Crippen LogP contribution >= 0.6 is 11.6 Å². The Bertz CT molecular complexity index is 979. The molecule has 0 bridgehead atoms. The smallest absolute Gasteiger partial charge is 0.259 e. The van der Waals surface area contributed by atoms with Gasteiger partial charge in [0.05, 0.1) is 5.69 Å². The maximum atomic E-state index is 12.6. The van der Waals surface area contributed by atoms with Crippen molar-refractivity contribution in [2.75, 3.05) is 16.8 Å². The van der Waals surface area contributed by atoms with Crippen molar-refractivity contribution in [1.29, 1.82) is 0 Å². The van der Waals surface area contributed by atoms with Crippen molar-refractivity contribution in [2.45, 2.75) is 0 Å². The molecule has 4 nitrogen and oxygen atoms in total. The summed E-state index contributed by atoms with van der Waals surface area (Å²) in [6.45, 7) is -0.0425. The lowest BCUT2D eigenvalue weighted by Gasteiger charge is -2.17. The Kier molecular flexibility index (Phi) is 3.47. The summed E-state index contributed by atoms with van der Waals surface area (Å²) in [4.78, 5) is 26.5. The van der Waals surface area contributed by atoms with Crippen LogP contribution in [0.5, 0.6) is 0 Å². The number of hydrogen-bond acceptors (Lipinski definition) is 2. The quantitative estimate of drug-likeness (QED) is 0.783. The van der Waals surface area contributed by atoms with E-state index in [2.05, 4.69) is 5.32 Å². The number of anilines is 2. The third-order valence-corrected chi connectivity index (χ3v) is 4.29. The fourth-order valence-electron chi connectivity index (χ4n) is 3.05. The molecule has 1 N–H and O–H groups in total. The van der Waals surface area contributed by atoms with Gasteiger partial charge in [0, 0.05) is 21.7 Å². The van der Waals surface area contributed by atoms with Crippen LogP contribution in [0.25, 0.3) is 10.8 Å². The SMILES string of the molecule is O=C(CN1C(=O)c2cccc3cccc1c23)Nc1cccc(Cl)c1. The Morgan fingerprint density at radius 2 is 1.79 bits per heavy atom. The van der Waals surface area contributed by atoms with Crippen LogP contribution in [-0.2, 0) is 4.79 Å². The second-order valence-electron chi connectivity index (χ2n) is 5.63. The number of benzene rings is 3. The summed E-state index contributed by atoms with van der Waals surface area (Å²) in [5.74, 6) is -0.418. The Labute approximate surface area is 143 Å². The number of carbonyl (C=O) groups excluding carboxylic acids is 2. The third kappa shape index (κ3) is 2.41. The first-order valence-electron chi connectivity index (χ1n) is 7.52. The molecule has 1 heterocycles. The van der Waals surface area contributed by atoms with Gasteiger partial charge >= 0.3 is 0 Å². The molecule has 4 rings (SSSR count). The maximum absolute atomic E-state index is 12.6. The second kappa shape index (κ2) is 5.65. The van der Waals surface area contributed by atoms with Gasteiger partial charge in [0.25, 0.3) is 5.91 Å². The highest BCUT2D eigenvalue weighted by Crippen LogP contribution is 2.36. The standard InChI is InChI=1S/C19H13ClN2O2/c20-13-6-3-7-14(10-13)21-17(23)11-22-16-9-2-5-12-4-1-8-15(18(12)16)19(22)24/h1-10H,11H2,(H,21,23). The van der Waals surface area contributed by atoms with E-state index < -0.39 is 0 Å². The van der Waals surface area contributed by atoms with Crippen LogP contribution in [0.3, 0.4) is 0 Å². The van der Waals surface area contributed by atoms with E-state index in [1.165, 1.54) is 4.90 Å². The second-order valence-corrected chi connectivity index (χ2v) is 6.07. The van der Waals surface area contributed by atoms with E-state index in [1.54, 1.807) is 30.3 Å². The summed E-state index contributed by atoms with van der Waals surface area (Å²) in [5, 5.41) is 5.22. The van der Waals surface area contributed by atoms with Crippen LogP contribution in [0.1, 0.15) is 10.4 Å². The highest BCUT2D eigenvalue weighted by molar-refractivity contribution is 6.31. The zero-order valence-corrected chi connectivity index (χ0v) is 13.4. The topological polar surface area (TPSA) is 49.4 Å². The molecular weight excluding hydrogens is 324 g/mol. The number of nitrogens with zero attached hydrogens (tertiary/aromatic N) is 1. The van der Waals surface area contributed by atoms with Crippen molar-refractivity contribution in [2.24, 2.45) is 0 Å². The largest absolute Gasteiger partial charge is 0.324 e. The number of carbonyl (C=O) groups is 2. The molecule has 0 fully saturated rings. The Balaban J connectivity index is 1.61. The van der Waals surface area contributed by atoms with Crippen molar-refractivity contribution >= 4 is 45.6 Å². The summed E-state index contributed by atoms with van der Waals surface area (Å²) >= 11 is 5.92. The lowest BCUT2D eigenvalue weighted by atomic mass is 10.1. The number of nitrogens with one attached hydrogen (secondary N) is 1. The first kappa shape index (κ1) is 14.7. The first-order chi connectivity index (χ1) is 11.6. The van der Waals surface area contributed by atoms with E-state index in [0.29, 0.717) is 16.3 Å². The molecule has 5 heteroatoms. The average Bonchev–Trinajstić information content (AvgIpc) is 2.83. The predicted octanol–water partition coefficient (Wildman–Crippen LogP) is 4.09. The molecule has 3 aromatic rings. The predicted molar refractivity (Wildman–Crippen MR) is 95.7 cm³/mol. The molecule has 0 saturated heterocycles. The van der Waals surface area contributed by atoms with Crippen LogP contribution < -0.4 is 10.2 Å². The van der Waals surface area contributed by atoms with Crippen molar-refractivity contribution in [3.63, 3.8) is 0 Å². The van der Waals surface area contributed by atoms with Gasteiger partial charge in [0.2, 0.25) is 5.91 Å². The molecule has 0 saturated carbocycles. The molecule has 1 aliphatic rings. The normalized spacial score (nSPS) is 12.7. The minimum absolute atomic E-state index is 0.0425. The Morgan fingerprint density at radius 1 is 1.04 bits per heavy atom. The highest BCUT2D eigenvalue weighted by Gasteiger charge is 2.30. The minimum atomic E-state index is -0.268. The fraction of sp³-hybridized carbons (Fsp3) is 0.0526. The average molecular weight is 337 g/mol. The van der Waals surface area contributed by atoms with E-state index in [1.807, 2.05) is 30.3 Å². The number of amides is 2. The summed E-state index contributed by atoms with van der Waals surface area (Å²) in [6.07, 6.45) is 0. The zero-order chi connectivity index (χ0) is 16.7. The molecule has 2 amide bonds. The van der Waals surface area contributed by atoms with Gasteiger partial charge in [-0.2, -0.15) is 0 Å². The van der Waals surface area contributed by atoms with Crippen LogP contribution in [0, 0.1) is 0 Å². The van der Waals surface area contributed by atoms with Gasteiger partial charge in [0.15, 0.2) is 0 Å². The van der Waals surface area contributed by atoms with E-state index >= 15 is 0 Å². The monoisotopic (exact) mass is 336 g/mol. The van der Waals surface area contributed by atoms with Gasteiger partial charge in [-0.1, -0.05) is 41.9 Å². The van der Waals surface area contributed by atoms with Gasteiger partial charge in [0.1, 0.15) is 6.54 Å². The maximum Gasteiger partial charge on any atom is 0.259 e. The molecule has 0 radical (unpaired) electrons. The van der Waals surface area contributed by atoms with E-state index in [0.717, 1.165) is 16.5 Å². The molecule has 1 aliphatic heterocycles. The number of halogens is 1. The lowest BCUT2D eigenvalue weighted by molar-refractivity contribution is -0.114. The van der Waals surface area contributed by atoms with Crippen molar-refractivity contribution < 1.29 is 9.59 Å². The van der Waals surface area contributed by atoms with Crippen LogP contribution in [0.15, 0.2) is 60.7 Å². The first-order valence-corrected chi connectivity index (χ1v) is 7.90. The van der Waals surface area contributed by atoms with Crippen LogP contribution in [-0.4, -0.2) is 18.4 Å². The van der Waals surface area contributed by atoms with Crippen molar-refractivity contribution in [1.82, 2.24) is 0 Å². The summed E-state index contributed by atoms with van der Waals surface area (Å²) in [6, 6.07) is 18.2.